The molecule has 0 aromatic heterocycles. The number of rotatable bonds is 8. The Hall–Kier alpha value is -1.18. The third kappa shape index (κ3) is 7.86. The average Bonchev–Trinajstić information content (AvgIpc) is 2.27. The van der Waals surface area contributed by atoms with E-state index in [1.165, 1.54) is 24.7 Å². The van der Waals surface area contributed by atoms with Gasteiger partial charge in [0.15, 0.2) is 0 Å². The predicted molar refractivity (Wildman–Crippen MR) is 71.0 cm³/mol. The second-order valence-corrected chi connectivity index (χ2v) is 3.45. The van der Waals surface area contributed by atoms with Gasteiger partial charge >= 0.3 is 0 Å². The molecule has 0 aromatic rings. The molecule has 0 aliphatic carbocycles. The fourth-order valence-corrected chi connectivity index (χ4v) is 1.11. The summed E-state index contributed by atoms with van der Waals surface area (Å²) in [4.78, 5) is 0. The van der Waals surface area contributed by atoms with Gasteiger partial charge in [0.25, 0.3) is 0 Å². The van der Waals surface area contributed by atoms with Crippen molar-refractivity contribution in [1.82, 2.24) is 0 Å². The number of allylic oxidation sites excluding steroid dienone is 5. The highest BCUT2D eigenvalue weighted by Gasteiger charge is 1.93. The minimum Gasteiger partial charge on any atom is -0.399 e. The lowest BCUT2D eigenvalue weighted by Gasteiger charge is -1.99. The lowest BCUT2D eigenvalue weighted by atomic mass is 9.67. The molecule has 0 spiro atoms. The molecule has 15 heavy (non-hydrogen) atoms. The lowest BCUT2D eigenvalue weighted by molar-refractivity contribution is 0.878. The minimum absolute atomic E-state index is 0.683. The summed E-state index contributed by atoms with van der Waals surface area (Å²) in [5, 5.41) is 0. The molecule has 0 aromatic carbocycles. The van der Waals surface area contributed by atoms with Crippen LogP contribution in [0.5, 0.6) is 0 Å². The molecule has 0 amide bonds. The van der Waals surface area contributed by atoms with Crippen molar-refractivity contribution < 1.29 is 0 Å². The van der Waals surface area contributed by atoms with E-state index in [1.54, 1.807) is 6.08 Å². The first kappa shape index (κ1) is 13.8. The van der Waals surface area contributed by atoms with Crippen LogP contribution in [-0.2, 0) is 0 Å². The first-order valence-electron chi connectivity index (χ1n) is 5.47. The van der Waals surface area contributed by atoms with E-state index in [4.69, 9.17) is 5.73 Å². The SMILES string of the molecule is C=C/C(=C\C=C(\N)C=C)C[B]CCCC. The van der Waals surface area contributed by atoms with Crippen LogP contribution < -0.4 is 5.73 Å². The van der Waals surface area contributed by atoms with Gasteiger partial charge in [0.1, 0.15) is 7.28 Å². The van der Waals surface area contributed by atoms with Crippen molar-refractivity contribution in [1.29, 1.82) is 0 Å². The number of nitrogens with two attached hydrogens (primary N) is 1. The van der Waals surface area contributed by atoms with Gasteiger partial charge in [-0.3, -0.25) is 0 Å². The minimum atomic E-state index is 0.683. The van der Waals surface area contributed by atoms with Gasteiger partial charge < -0.3 is 5.73 Å². The Morgan fingerprint density at radius 3 is 2.53 bits per heavy atom. The molecule has 81 valence electrons. The number of unbranched alkanes of at least 4 members (excludes halogenated alkanes) is 1. The van der Waals surface area contributed by atoms with E-state index in [9.17, 15) is 0 Å². The van der Waals surface area contributed by atoms with Crippen LogP contribution in [0.4, 0.5) is 0 Å². The van der Waals surface area contributed by atoms with Gasteiger partial charge in [-0.2, -0.15) is 0 Å². The number of hydrogen-bond acceptors (Lipinski definition) is 1. The summed E-state index contributed by atoms with van der Waals surface area (Å²) >= 11 is 0. The molecular weight excluding hydrogens is 181 g/mol. The normalized spacial score (nSPS) is 12.3. The van der Waals surface area contributed by atoms with E-state index in [0.29, 0.717) is 5.70 Å². The summed E-state index contributed by atoms with van der Waals surface area (Å²) in [7, 11) is 2.29. The molecule has 0 unspecified atom stereocenters. The van der Waals surface area contributed by atoms with Crippen molar-refractivity contribution in [3.63, 3.8) is 0 Å². The van der Waals surface area contributed by atoms with Gasteiger partial charge in [-0.15, -0.1) is 0 Å². The molecule has 2 N–H and O–H groups in total. The maximum Gasteiger partial charge on any atom is 0.115 e. The van der Waals surface area contributed by atoms with Crippen molar-refractivity contribution >= 4 is 7.28 Å². The van der Waals surface area contributed by atoms with Crippen LogP contribution in [0, 0.1) is 0 Å². The van der Waals surface area contributed by atoms with Crippen LogP contribution in [0.15, 0.2) is 48.7 Å². The molecule has 0 atom stereocenters. The second-order valence-electron chi connectivity index (χ2n) is 3.45. The highest BCUT2D eigenvalue weighted by Crippen LogP contribution is 2.07. The Morgan fingerprint density at radius 2 is 2.00 bits per heavy atom. The van der Waals surface area contributed by atoms with Crippen LogP contribution in [-0.4, -0.2) is 7.28 Å². The van der Waals surface area contributed by atoms with Crippen molar-refractivity contribution in [3.8, 4) is 0 Å². The van der Waals surface area contributed by atoms with Crippen molar-refractivity contribution in [2.75, 3.05) is 0 Å². The zero-order chi connectivity index (χ0) is 11.5. The van der Waals surface area contributed by atoms with Crippen LogP contribution >= 0.6 is 0 Å². The van der Waals surface area contributed by atoms with Crippen molar-refractivity contribution in [2.24, 2.45) is 5.73 Å². The molecule has 0 saturated carbocycles. The monoisotopic (exact) mass is 202 g/mol. The Morgan fingerprint density at radius 1 is 1.27 bits per heavy atom. The van der Waals surface area contributed by atoms with E-state index in [1.807, 2.05) is 18.2 Å². The molecular formula is C13H21BN. The third-order valence-electron chi connectivity index (χ3n) is 2.13. The largest absolute Gasteiger partial charge is 0.399 e. The highest BCUT2D eigenvalue weighted by atomic mass is 14.5. The molecule has 1 nitrogen and oxygen atoms in total. The van der Waals surface area contributed by atoms with Crippen LogP contribution in [0.3, 0.4) is 0 Å². The molecule has 0 saturated heterocycles. The summed E-state index contributed by atoms with van der Waals surface area (Å²) in [6, 6.07) is 0. The van der Waals surface area contributed by atoms with Gasteiger partial charge in [0.2, 0.25) is 0 Å². The van der Waals surface area contributed by atoms with Gasteiger partial charge in [0, 0.05) is 5.70 Å². The van der Waals surface area contributed by atoms with Crippen molar-refractivity contribution in [2.45, 2.75) is 32.4 Å². The Labute approximate surface area is 94.7 Å². The van der Waals surface area contributed by atoms with Gasteiger partial charge in [-0.25, -0.2) is 0 Å². The maximum absolute atomic E-state index is 5.61. The summed E-state index contributed by atoms with van der Waals surface area (Å²) in [6.45, 7) is 9.57. The fourth-order valence-electron chi connectivity index (χ4n) is 1.11. The zero-order valence-electron chi connectivity index (χ0n) is 9.71. The Bertz CT molecular complexity index is 251. The molecule has 1 radical (unpaired) electrons. The number of hydrogen-bond donors (Lipinski definition) is 1. The molecule has 0 fully saturated rings. The second kappa shape index (κ2) is 9.38. The fraction of sp³-hybridized carbons (Fsp3) is 0.385. The molecule has 0 bridgehead atoms. The third-order valence-corrected chi connectivity index (χ3v) is 2.13. The topological polar surface area (TPSA) is 26.0 Å². The molecule has 0 rings (SSSR count). The summed E-state index contributed by atoms with van der Waals surface area (Å²) in [6.07, 6.45) is 12.0. The quantitative estimate of drug-likeness (QED) is 0.364. The maximum atomic E-state index is 5.61. The van der Waals surface area contributed by atoms with Gasteiger partial charge in [-0.05, 0) is 12.2 Å². The summed E-state index contributed by atoms with van der Waals surface area (Å²) in [5.74, 6) is 0. The van der Waals surface area contributed by atoms with E-state index in [0.717, 1.165) is 6.32 Å². The van der Waals surface area contributed by atoms with Crippen LogP contribution in [0.2, 0.25) is 12.6 Å². The van der Waals surface area contributed by atoms with E-state index < -0.39 is 0 Å². The summed E-state index contributed by atoms with van der Waals surface area (Å²) in [5.41, 5.74) is 7.48. The zero-order valence-corrected chi connectivity index (χ0v) is 9.71. The van der Waals surface area contributed by atoms with E-state index >= 15 is 0 Å². The predicted octanol–water partition coefficient (Wildman–Crippen LogP) is 3.47. The smallest absolute Gasteiger partial charge is 0.115 e. The molecule has 0 aliphatic rings. The highest BCUT2D eigenvalue weighted by molar-refractivity contribution is 6.36. The van der Waals surface area contributed by atoms with Crippen LogP contribution in [0.1, 0.15) is 19.8 Å². The first-order valence-corrected chi connectivity index (χ1v) is 5.47. The lowest BCUT2D eigenvalue weighted by Crippen LogP contribution is -1.92. The van der Waals surface area contributed by atoms with Crippen LogP contribution in [0.25, 0.3) is 0 Å². The Kier molecular flexibility index (Phi) is 8.65. The molecule has 0 heterocycles. The molecule has 2 heteroatoms. The van der Waals surface area contributed by atoms with Gasteiger partial charge in [0.05, 0.1) is 0 Å². The van der Waals surface area contributed by atoms with E-state index in [-0.39, 0.29) is 0 Å². The van der Waals surface area contributed by atoms with E-state index in [2.05, 4.69) is 27.4 Å². The Balaban J connectivity index is 4.01. The van der Waals surface area contributed by atoms with Crippen molar-refractivity contribution in [3.05, 3.63) is 48.7 Å². The van der Waals surface area contributed by atoms with Gasteiger partial charge in [-0.1, -0.05) is 63.3 Å². The summed E-state index contributed by atoms with van der Waals surface area (Å²) < 4.78 is 0. The molecule has 0 aliphatic heterocycles. The average molecular weight is 202 g/mol. The first-order chi connectivity index (χ1) is 7.24. The standard InChI is InChI=1S/C13H21BN/c1-4-7-10-14-11-12(5-2)8-9-13(15)6-3/h5-6,8-9H,2-4,7,10-11,15H2,1H3/b12-8+,13-9+.